The maximum atomic E-state index is 12.7. The lowest BCUT2D eigenvalue weighted by molar-refractivity contribution is 0.0717. The van der Waals surface area contributed by atoms with Crippen LogP contribution in [-0.2, 0) is 0 Å². The van der Waals surface area contributed by atoms with E-state index < -0.39 is 6.10 Å². The number of aliphatic hydroxyl groups is 1. The van der Waals surface area contributed by atoms with E-state index in [1.165, 1.54) is 0 Å². The predicted molar refractivity (Wildman–Crippen MR) is 118 cm³/mol. The summed E-state index contributed by atoms with van der Waals surface area (Å²) in [6.07, 6.45) is 11.5. The van der Waals surface area contributed by atoms with Crippen LogP contribution >= 0.6 is 0 Å². The Morgan fingerprint density at radius 3 is 2.74 bits per heavy atom. The zero-order valence-corrected chi connectivity index (χ0v) is 17.4. The van der Waals surface area contributed by atoms with Crippen molar-refractivity contribution in [3.63, 3.8) is 0 Å². The van der Waals surface area contributed by atoms with Crippen LogP contribution < -0.4 is 5.32 Å². The van der Waals surface area contributed by atoms with Crippen LogP contribution in [0.15, 0.2) is 55.2 Å². The minimum Gasteiger partial charge on any atom is -0.391 e. The van der Waals surface area contributed by atoms with Crippen molar-refractivity contribution in [2.45, 2.75) is 44.8 Å². The molecule has 3 aromatic rings. The van der Waals surface area contributed by atoms with E-state index in [4.69, 9.17) is 0 Å². The molecule has 4 rings (SSSR count). The average Bonchev–Trinajstić information content (AvgIpc) is 2.81. The Balaban J connectivity index is 1.54. The fourth-order valence-electron chi connectivity index (χ4n) is 3.67. The van der Waals surface area contributed by atoms with Gasteiger partial charge in [-0.2, -0.15) is 0 Å². The first-order valence-electron chi connectivity index (χ1n) is 10.4. The predicted octanol–water partition coefficient (Wildman–Crippen LogP) is 3.28. The number of carbonyl (C=O) groups excluding carboxylic acids is 1. The molecule has 0 aliphatic heterocycles. The van der Waals surface area contributed by atoms with E-state index in [-0.39, 0.29) is 11.9 Å². The number of hydrogen-bond donors (Lipinski definition) is 2. The lowest BCUT2D eigenvalue weighted by Crippen LogP contribution is -2.45. The molecule has 1 aromatic carbocycles. The first kappa shape index (κ1) is 20.7. The van der Waals surface area contributed by atoms with Crippen LogP contribution in [0.3, 0.4) is 0 Å². The van der Waals surface area contributed by atoms with Gasteiger partial charge in [-0.1, -0.05) is 30.7 Å². The highest BCUT2D eigenvalue weighted by atomic mass is 16.3. The summed E-state index contributed by atoms with van der Waals surface area (Å²) in [6.45, 7) is 1.96. The molecular weight excluding hydrogens is 388 g/mol. The van der Waals surface area contributed by atoms with Crippen LogP contribution in [0, 0.1) is 18.8 Å². The summed E-state index contributed by atoms with van der Waals surface area (Å²) in [7, 11) is 0. The van der Waals surface area contributed by atoms with E-state index in [1.807, 2.05) is 19.1 Å². The zero-order chi connectivity index (χ0) is 21.6. The molecule has 0 bridgehead atoms. The van der Waals surface area contributed by atoms with Crippen LogP contribution in [0.4, 0.5) is 0 Å². The van der Waals surface area contributed by atoms with Crippen molar-refractivity contribution in [2.24, 2.45) is 0 Å². The highest BCUT2D eigenvalue weighted by Gasteiger charge is 2.24. The first-order chi connectivity index (χ1) is 15.1. The number of aliphatic hydroxyl groups excluding tert-OH is 1. The van der Waals surface area contributed by atoms with Crippen LogP contribution in [0.1, 0.15) is 52.7 Å². The fourth-order valence-corrected chi connectivity index (χ4v) is 3.67. The smallest absolute Gasteiger partial charge is 0.251 e. The second kappa shape index (κ2) is 9.50. The minimum atomic E-state index is -0.475. The summed E-state index contributed by atoms with van der Waals surface area (Å²) in [6, 6.07) is 7.21. The summed E-state index contributed by atoms with van der Waals surface area (Å²) in [5.41, 5.74) is 4.64. The fraction of sp³-hybridized carbons (Fsp3) is 0.280. The van der Waals surface area contributed by atoms with E-state index in [0.717, 1.165) is 53.6 Å². The Labute approximate surface area is 181 Å². The van der Waals surface area contributed by atoms with Crippen LogP contribution in [0.2, 0.25) is 0 Å². The lowest BCUT2D eigenvalue weighted by Gasteiger charge is -2.28. The Morgan fingerprint density at radius 1 is 1.06 bits per heavy atom. The Bertz CT molecular complexity index is 1140. The third-order valence-electron chi connectivity index (χ3n) is 5.48. The topological polar surface area (TPSA) is 88.0 Å². The summed E-state index contributed by atoms with van der Waals surface area (Å²) in [5, 5.41) is 13.1. The van der Waals surface area contributed by atoms with Crippen LogP contribution in [0.25, 0.3) is 11.3 Å². The molecule has 1 aliphatic rings. The number of aromatic nitrogens is 3. The van der Waals surface area contributed by atoms with Crippen molar-refractivity contribution < 1.29 is 9.90 Å². The third kappa shape index (κ3) is 5.14. The van der Waals surface area contributed by atoms with Gasteiger partial charge in [-0.3, -0.25) is 19.7 Å². The molecule has 0 saturated heterocycles. The van der Waals surface area contributed by atoms with Gasteiger partial charge < -0.3 is 10.4 Å². The molecule has 6 nitrogen and oxygen atoms in total. The number of carbonyl (C=O) groups is 1. The highest BCUT2D eigenvalue weighted by Crippen LogP contribution is 2.19. The lowest BCUT2D eigenvalue weighted by atomic mass is 9.92. The van der Waals surface area contributed by atoms with Gasteiger partial charge in [0.25, 0.3) is 5.91 Å². The maximum absolute atomic E-state index is 12.7. The zero-order valence-electron chi connectivity index (χ0n) is 17.4. The quantitative estimate of drug-likeness (QED) is 0.645. The van der Waals surface area contributed by atoms with Crippen molar-refractivity contribution in [2.75, 3.05) is 0 Å². The largest absolute Gasteiger partial charge is 0.391 e. The van der Waals surface area contributed by atoms with E-state index in [1.54, 1.807) is 43.1 Å². The number of rotatable bonds is 3. The van der Waals surface area contributed by atoms with E-state index in [9.17, 15) is 9.90 Å². The third-order valence-corrected chi connectivity index (χ3v) is 5.48. The van der Waals surface area contributed by atoms with Gasteiger partial charge in [-0.05, 0) is 43.5 Å². The number of aryl methyl sites for hydroxylation is 1. The molecule has 0 spiro atoms. The Kier molecular flexibility index (Phi) is 6.34. The first-order valence-corrected chi connectivity index (χ1v) is 10.4. The number of benzene rings is 1. The Morgan fingerprint density at radius 2 is 1.94 bits per heavy atom. The van der Waals surface area contributed by atoms with Gasteiger partial charge in [-0.15, -0.1) is 0 Å². The monoisotopic (exact) mass is 412 g/mol. The van der Waals surface area contributed by atoms with Crippen molar-refractivity contribution >= 4 is 5.91 Å². The number of amides is 1. The molecular formula is C25H24N4O2. The summed E-state index contributed by atoms with van der Waals surface area (Å²) >= 11 is 0. The molecule has 1 fully saturated rings. The van der Waals surface area contributed by atoms with E-state index >= 15 is 0 Å². The van der Waals surface area contributed by atoms with Gasteiger partial charge in [0.2, 0.25) is 0 Å². The van der Waals surface area contributed by atoms with Gasteiger partial charge >= 0.3 is 0 Å². The summed E-state index contributed by atoms with van der Waals surface area (Å²) < 4.78 is 0. The second-order valence-electron chi connectivity index (χ2n) is 7.76. The van der Waals surface area contributed by atoms with E-state index in [2.05, 4.69) is 32.1 Å². The molecule has 0 radical (unpaired) electrons. The normalized spacial score (nSPS) is 18.0. The minimum absolute atomic E-state index is 0.180. The van der Waals surface area contributed by atoms with Crippen LogP contribution in [0.5, 0.6) is 0 Å². The van der Waals surface area contributed by atoms with Crippen LogP contribution in [-0.4, -0.2) is 38.1 Å². The molecule has 2 atom stereocenters. The van der Waals surface area contributed by atoms with E-state index in [0.29, 0.717) is 5.56 Å². The van der Waals surface area contributed by atoms with Crippen molar-refractivity contribution in [3.8, 4) is 23.1 Å². The number of hydrogen-bond acceptors (Lipinski definition) is 5. The second-order valence-corrected chi connectivity index (χ2v) is 7.76. The van der Waals surface area contributed by atoms with Gasteiger partial charge in [-0.25, -0.2) is 0 Å². The average molecular weight is 412 g/mol. The Hall–Kier alpha value is -3.56. The molecule has 156 valence electrons. The van der Waals surface area contributed by atoms with Gasteiger partial charge in [0.05, 0.1) is 24.0 Å². The van der Waals surface area contributed by atoms with Gasteiger partial charge in [0, 0.05) is 47.0 Å². The molecule has 2 aromatic heterocycles. The molecule has 0 unspecified atom stereocenters. The molecule has 2 N–H and O–H groups in total. The molecule has 6 heteroatoms. The number of nitrogens with zero attached hydrogens (tertiary/aromatic N) is 3. The summed E-state index contributed by atoms with van der Waals surface area (Å²) in [4.78, 5) is 25.3. The summed E-state index contributed by atoms with van der Waals surface area (Å²) in [5.74, 6) is 6.11. The maximum Gasteiger partial charge on any atom is 0.251 e. The molecule has 1 saturated carbocycles. The van der Waals surface area contributed by atoms with Crippen molar-refractivity contribution in [3.05, 3.63) is 77.5 Å². The van der Waals surface area contributed by atoms with Gasteiger partial charge in [0.1, 0.15) is 0 Å². The standard InChI is InChI=1S/C25H24N4O2/c1-17-6-8-20(25(31)29-22-4-2-3-5-24(22)30)13-19(17)9-7-18-12-21(15-27-14-18)23-16-26-10-11-28-23/h6,8,10-16,22,24,30H,2-5H2,1H3,(H,29,31)/t22-,24-/m0/s1. The van der Waals surface area contributed by atoms with Gasteiger partial charge in [0.15, 0.2) is 0 Å². The van der Waals surface area contributed by atoms with Crippen molar-refractivity contribution in [1.82, 2.24) is 20.3 Å². The SMILES string of the molecule is Cc1ccc(C(=O)N[C@H]2CCCC[C@@H]2O)cc1C#Cc1cncc(-c2cnccn2)c1. The number of pyridine rings is 1. The molecule has 1 aliphatic carbocycles. The van der Waals surface area contributed by atoms with Crippen molar-refractivity contribution in [1.29, 1.82) is 0 Å². The highest BCUT2D eigenvalue weighted by molar-refractivity contribution is 5.95. The molecule has 1 amide bonds. The molecule has 2 heterocycles. The molecule has 31 heavy (non-hydrogen) atoms. The number of nitrogens with one attached hydrogen (secondary N) is 1.